The van der Waals surface area contributed by atoms with Crippen molar-refractivity contribution in [2.24, 2.45) is 0 Å². The Labute approximate surface area is 142 Å². The van der Waals surface area contributed by atoms with Gasteiger partial charge in [-0.1, -0.05) is 0 Å². The zero-order valence-corrected chi connectivity index (χ0v) is 14.1. The van der Waals surface area contributed by atoms with Gasteiger partial charge in [0.15, 0.2) is 0 Å². The van der Waals surface area contributed by atoms with Crippen LogP contribution in [0.1, 0.15) is 16.8 Å². The second-order valence-corrected chi connectivity index (χ2v) is 5.83. The Kier molecular flexibility index (Phi) is 6.21. The normalized spacial score (nSPS) is 21.8. The van der Waals surface area contributed by atoms with Gasteiger partial charge in [0.25, 0.3) is 5.91 Å². The molecule has 128 valence electrons. The van der Waals surface area contributed by atoms with Crippen molar-refractivity contribution in [1.29, 1.82) is 0 Å². The lowest BCUT2D eigenvalue weighted by atomic mass is 10.1. The molecule has 0 radical (unpaired) electrons. The molecule has 0 spiro atoms. The summed E-state index contributed by atoms with van der Waals surface area (Å²) >= 11 is 0. The highest BCUT2D eigenvalue weighted by Gasteiger charge is 2.32. The molecule has 1 amide bonds. The zero-order chi connectivity index (χ0) is 15.5. The van der Waals surface area contributed by atoms with E-state index < -0.39 is 5.82 Å². The molecule has 2 saturated heterocycles. The highest BCUT2D eigenvalue weighted by atomic mass is 35.5. The van der Waals surface area contributed by atoms with Crippen LogP contribution in [0.25, 0.3) is 0 Å². The van der Waals surface area contributed by atoms with Crippen LogP contribution in [0.15, 0.2) is 18.2 Å². The molecule has 7 heteroatoms. The Balaban J connectivity index is 0.00000192. The van der Waals surface area contributed by atoms with E-state index in [0.29, 0.717) is 24.9 Å². The summed E-state index contributed by atoms with van der Waals surface area (Å²) in [6, 6.07) is 4.79. The van der Waals surface area contributed by atoms with Crippen LogP contribution in [0.5, 0.6) is 5.75 Å². The second-order valence-electron chi connectivity index (χ2n) is 5.83. The summed E-state index contributed by atoms with van der Waals surface area (Å²) in [5.74, 6) is -0.318. The van der Waals surface area contributed by atoms with Crippen LogP contribution in [-0.2, 0) is 0 Å². The average molecular weight is 344 g/mol. The maximum Gasteiger partial charge on any atom is 0.256 e. The molecule has 0 aliphatic carbocycles. The highest BCUT2D eigenvalue weighted by molar-refractivity contribution is 5.94. The molecule has 2 heterocycles. The molecule has 3 rings (SSSR count). The number of halogens is 2. The molecule has 2 aliphatic heterocycles. The van der Waals surface area contributed by atoms with Gasteiger partial charge in [-0.15, -0.1) is 12.4 Å². The number of carbonyl (C=O) groups excluding carboxylic acids is 1. The van der Waals surface area contributed by atoms with Crippen LogP contribution in [-0.4, -0.2) is 68.1 Å². The van der Waals surface area contributed by atoms with Crippen molar-refractivity contribution in [1.82, 2.24) is 15.1 Å². The van der Waals surface area contributed by atoms with E-state index >= 15 is 0 Å². The lowest BCUT2D eigenvalue weighted by Crippen LogP contribution is -2.49. The van der Waals surface area contributed by atoms with E-state index in [1.807, 2.05) is 0 Å². The molecule has 2 fully saturated rings. The van der Waals surface area contributed by atoms with Crippen LogP contribution in [0.3, 0.4) is 0 Å². The van der Waals surface area contributed by atoms with Crippen LogP contribution in [0, 0.1) is 5.82 Å². The van der Waals surface area contributed by atoms with Gasteiger partial charge in [-0.2, -0.15) is 0 Å². The van der Waals surface area contributed by atoms with Crippen LogP contribution >= 0.6 is 12.4 Å². The van der Waals surface area contributed by atoms with E-state index in [1.165, 1.54) is 19.2 Å². The van der Waals surface area contributed by atoms with E-state index in [1.54, 1.807) is 11.0 Å². The minimum absolute atomic E-state index is 0. The number of nitrogens with zero attached hydrogens (tertiary/aromatic N) is 2. The zero-order valence-electron chi connectivity index (χ0n) is 13.3. The number of likely N-dealkylation sites (tertiary alicyclic amines) is 1. The van der Waals surface area contributed by atoms with Crippen LogP contribution in [0.2, 0.25) is 0 Å². The molecule has 23 heavy (non-hydrogen) atoms. The predicted octanol–water partition coefficient (Wildman–Crippen LogP) is 1.38. The SMILES string of the molecule is COc1ccc(C(=O)N2CCC(N3CCNCC3)C2)c(F)c1.Cl. The maximum absolute atomic E-state index is 14.0. The van der Waals surface area contributed by atoms with Crippen molar-refractivity contribution in [3.63, 3.8) is 0 Å². The third kappa shape index (κ3) is 3.94. The fraction of sp³-hybridized carbons (Fsp3) is 0.562. The van der Waals surface area contributed by atoms with Crippen LogP contribution < -0.4 is 10.1 Å². The number of carbonyl (C=O) groups is 1. The van der Waals surface area contributed by atoms with Gasteiger partial charge >= 0.3 is 0 Å². The first kappa shape index (κ1) is 18.0. The second kappa shape index (κ2) is 7.95. The third-order valence-corrected chi connectivity index (χ3v) is 4.53. The van der Waals surface area contributed by atoms with Gasteiger partial charge in [0.05, 0.1) is 12.7 Å². The van der Waals surface area contributed by atoms with Crippen molar-refractivity contribution in [2.45, 2.75) is 12.5 Å². The van der Waals surface area contributed by atoms with E-state index in [4.69, 9.17) is 4.74 Å². The first-order valence-electron chi connectivity index (χ1n) is 7.76. The van der Waals surface area contributed by atoms with E-state index in [-0.39, 0.29) is 23.9 Å². The van der Waals surface area contributed by atoms with E-state index in [2.05, 4.69) is 10.2 Å². The molecule has 1 atom stereocenters. The molecule has 1 aromatic carbocycles. The minimum atomic E-state index is -0.519. The van der Waals surface area contributed by atoms with Gasteiger partial charge in [0.1, 0.15) is 11.6 Å². The third-order valence-electron chi connectivity index (χ3n) is 4.53. The number of hydrogen-bond acceptors (Lipinski definition) is 4. The number of nitrogens with one attached hydrogen (secondary N) is 1. The van der Waals surface area contributed by atoms with Gasteiger partial charge in [0, 0.05) is 51.4 Å². The largest absolute Gasteiger partial charge is 0.497 e. The molecule has 2 aliphatic rings. The van der Waals surface area contributed by atoms with Gasteiger partial charge in [-0.25, -0.2) is 4.39 Å². The van der Waals surface area contributed by atoms with Crippen molar-refractivity contribution in [2.75, 3.05) is 46.4 Å². The smallest absolute Gasteiger partial charge is 0.256 e. The first-order chi connectivity index (χ1) is 10.7. The molecule has 0 bridgehead atoms. The lowest BCUT2D eigenvalue weighted by molar-refractivity contribution is 0.0769. The average Bonchev–Trinajstić information content (AvgIpc) is 3.05. The quantitative estimate of drug-likeness (QED) is 0.900. The van der Waals surface area contributed by atoms with Gasteiger partial charge in [-0.05, 0) is 18.6 Å². The Morgan fingerprint density at radius 3 is 2.70 bits per heavy atom. The number of methoxy groups -OCH3 is 1. The molecule has 5 nitrogen and oxygen atoms in total. The van der Waals surface area contributed by atoms with Crippen molar-refractivity contribution < 1.29 is 13.9 Å². The Morgan fingerprint density at radius 2 is 2.04 bits per heavy atom. The highest BCUT2D eigenvalue weighted by Crippen LogP contribution is 2.22. The fourth-order valence-electron chi connectivity index (χ4n) is 3.24. The summed E-state index contributed by atoms with van der Waals surface area (Å²) in [5.41, 5.74) is 0.127. The van der Waals surface area contributed by atoms with E-state index in [9.17, 15) is 9.18 Å². The summed E-state index contributed by atoms with van der Waals surface area (Å²) in [6.45, 7) is 5.41. The van der Waals surface area contributed by atoms with Gasteiger partial charge < -0.3 is 15.0 Å². The van der Waals surface area contributed by atoms with Crippen molar-refractivity contribution in [3.8, 4) is 5.75 Å². The molecule has 1 aromatic rings. The monoisotopic (exact) mass is 343 g/mol. The Bertz CT molecular complexity index is 552. The number of piperazine rings is 1. The molecule has 1 unspecified atom stereocenters. The molecular formula is C16H23ClFN3O2. The first-order valence-corrected chi connectivity index (χ1v) is 7.76. The summed E-state index contributed by atoms with van der Waals surface area (Å²) in [4.78, 5) is 16.7. The van der Waals surface area contributed by atoms with Gasteiger partial charge in [-0.3, -0.25) is 9.69 Å². The number of rotatable bonds is 3. The Hall–Kier alpha value is -1.37. The molecule has 0 aromatic heterocycles. The molecular weight excluding hydrogens is 321 g/mol. The summed E-state index contributed by atoms with van der Waals surface area (Å²) in [6.07, 6.45) is 0.962. The maximum atomic E-state index is 14.0. The van der Waals surface area contributed by atoms with Crippen molar-refractivity contribution in [3.05, 3.63) is 29.6 Å². The Morgan fingerprint density at radius 1 is 1.30 bits per heavy atom. The predicted molar refractivity (Wildman–Crippen MR) is 89.0 cm³/mol. The number of ether oxygens (including phenoxy) is 1. The summed E-state index contributed by atoms with van der Waals surface area (Å²) < 4.78 is 19.0. The topological polar surface area (TPSA) is 44.8 Å². The lowest BCUT2D eigenvalue weighted by Gasteiger charge is -2.32. The number of hydrogen-bond donors (Lipinski definition) is 1. The van der Waals surface area contributed by atoms with Crippen LogP contribution in [0.4, 0.5) is 4.39 Å². The molecule has 1 N–H and O–H groups in total. The van der Waals surface area contributed by atoms with Crippen molar-refractivity contribution >= 4 is 18.3 Å². The minimum Gasteiger partial charge on any atom is -0.497 e. The van der Waals surface area contributed by atoms with Gasteiger partial charge in [0.2, 0.25) is 0 Å². The number of amides is 1. The van der Waals surface area contributed by atoms with E-state index in [0.717, 1.165) is 32.6 Å². The molecule has 0 saturated carbocycles. The summed E-state index contributed by atoms with van der Waals surface area (Å²) in [5, 5.41) is 3.33. The fourth-order valence-corrected chi connectivity index (χ4v) is 3.24. The summed E-state index contributed by atoms with van der Waals surface area (Å²) in [7, 11) is 1.48. The number of benzene rings is 1. The standard InChI is InChI=1S/C16H22FN3O2.ClH/c1-22-13-2-3-14(15(17)10-13)16(21)20-7-4-12(11-20)19-8-5-18-6-9-19;/h2-3,10,12,18H,4-9,11H2,1H3;1H.